The fraction of sp³-hybridized carbons (Fsp3) is 0.389. The normalized spacial score (nSPS) is 19.1. The largest absolute Gasteiger partial charge is 0.416 e. The summed E-state index contributed by atoms with van der Waals surface area (Å²) in [7, 11) is 0. The lowest BCUT2D eigenvalue weighted by Crippen LogP contribution is -2.49. The molecule has 0 aromatic heterocycles. The summed E-state index contributed by atoms with van der Waals surface area (Å²) in [5, 5.41) is 1.52. The number of thioether (sulfide) groups is 1. The van der Waals surface area contributed by atoms with Crippen LogP contribution in [0.3, 0.4) is 0 Å². The van der Waals surface area contributed by atoms with Crippen molar-refractivity contribution in [2.75, 3.05) is 37.6 Å². The number of nitrogens with zero attached hydrogens (tertiary/aromatic N) is 2. The standard InChI is InChI=1S/C18H19F3N4O3S/c19-18(20,21)12-1-2-13(11(9-12)10-14-16(27)23-17(28)29-14)24-5-7-25(8-6-24)15(26)3-4-22/h1-2,9-10H,3-8,22H2,(H,23,27,28)/b14-10+. The predicted octanol–water partition coefficient (Wildman–Crippen LogP) is 2.03. The maximum Gasteiger partial charge on any atom is 0.416 e. The van der Waals surface area contributed by atoms with Crippen LogP contribution >= 0.6 is 11.8 Å². The first-order chi connectivity index (χ1) is 13.7. The molecule has 0 spiro atoms. The van der Waals surface area contributed by atoms with Crippen LogP contribution in [0.4, 0.5) is 23.7 Å². The lowest BCUT2D eigenvalue weighted by Gasteiger charge is -2.37. The van der Waals surface area contributed by atoms with Gasteiger partial charge >= 0.3 is 6.18 Å². The number of alkyl halides is 3. The Morgan fingerprint density at radius 3 is 2.45 bits per heavy atom. The number of hydrogen-bond donors (Lipinski definition) is 2. The summed E-state index contributed by atoms with van der Waals surface area (Å²) >= 11 is 0.644. The Bertz CT molecular complexity index is 864. The van der Waals surface area contributed by atoms with Crippen molar-refractivity contribution < 1.29 is 27.6 Å². The molecule has 29 heavy (non-hydrogen) atoms. The quantitative estimate of drug-likeness (QED) is 0.713. The fourth-order valence-corrected chi connectivity index (χ4v) is 3.85. The van der Waals surface area contributed by atoms with E-state index in [1.807, 2.05) is 4.90 Å². The van der Waals surface area contributed by atoms with Crippen LogP contribution < -0.4 is 16.0 Å². The molecule has 2 aliphatic rings. The zero-order valence-electron chi connectivity index (χ0n) is 15.3. The highest BCUT2D eigenvalue weighted by Crippen LogP contribution is 2.36. The van der Waals surface area contributed by atoms with Gasteiger partial charge in [0.05, 0.1) is 10.5 Å². The van der Waals surface area contributed by atoms with E-state index in [1.54, 1.807) is 4.90 Å². The number of hydrogen-bond acceptors (Lipinski definition) is 6. The maximum absolute atomic E-state index is 13.2. The molecule has 0 radical (unpaired) electrons. The Balaban J connectivity index is 1.89. The number of piperazine rings is 1. The highest BCUT2D eigenvalue weighted by molar-refractivity contribution is 8.18. The zero-order valence-corrected chi connectivity index (χ0v) is 16.1. The molecule has 156 valence electrons. The second-order valence-electron chi connectivity index (χ2n) is 6.53. The smallest absolute Gasteiger partial charge is 0.367 e. The van der Waals surface area contributed by atoms with Gasteiger partial charge in [0, 0.05) is 44.8 Å². The van der Waals surface area contributed by atoms with Crippen molar-refractivity contribution in [1.29, 1.82) is 0 Å². The minimum absolute atomic E-state index is 0.0346. The van der Waals surface area contributed by atoms with Crippen molar-refractivity contribution in [2.24, 2.45) is 5.73 Å². The molecule has 3 amide bonds. The number of carbonyl (C=O) groups is 3. The van der Waals surface area contributed by atoms with Gasteiger partial charge < -0.3 is 15.5 Å². The fourth-order valence-electron chi connectivity index (χ4n) is 3.18. The molecule has 1 aromatic carbocycles. The number of halogens is 3. The van der Waals surface area contributed by atoms with Gasteiger partial charge in [0.25, 0.3) is 11.1 Å². The highest BCUT2D eigenvalue weighted by atomic mass is 32.2. The van der Waals surface area contributed by atoms with E-state index in [9.17, 15) is 27.6 Å². The summed E-state index contributed by atoms with van der Waals surface area (Å²) in [4.78, 5) is 38.7. The van der Waals surface area contributed by atoms with E-state index in [0.717, 1.165) is 12.1 Å². The molecular weight excluding hydrogens is 409 g/mol. The molecule has 3 rings (SSSR count). The molecule has 2 saturated heterocycles. The molecule has 0 bridgehead atoms. The molecular formula is C18H19F3N4O3S. The van der Waals surface area contributed by atoms with Crippen LogP contribution in [0, 0.1) is 0 Å². The average molecular weight is 428 g/mol. The van der Waals surface area contributed by atoms with Crippen molar-refractivity contribution in [2.45, 2.75) is 12.6 Å². The van der Waals surface area contributed by atoms with Crippen LogP contribution in [0.5, 0.6) is 0 Å². The van der Waals surface area contributed by atoms with E-state index in [-0.39, 0.29) is 29.3 Å². The molecule has 0 aliphatic carbocycles. The summed E-state index contributed by atoms with van der Waals surface area (Å²) in [5.41, 5.74) is 5.25. The first-order valence-electron chi connectivity index (χ1n) is 8.88. The van der Waals surface area contributed by atoms with Crippen LogP contribution in [-0.4, -0.2) is 54.7 Å². The summed E-state index contributed by atoms with van der Waals surface area (Å²) < 4.78 is 39.5. The number of anilines is 1. The second kappa shape index (κ2) is 8.46. The molecule has 1 aromatic rings. The third kappa shape index (κ3) is 4.91. The van der Waals surface area contributed by atoms with Gasteiger partial charge in [-0.05, 0) is 41.6 Å². The Kier molecular flexibility index (Phi) is 6.18. The van der Waals surface area contributed by atoms with Gasteiger partial charge in [-0.25, -0.2) is 0 Å². The third-order valence-corrected chi connectivity index (χ3v) is 5.43. The molecule has 0 atom stereocenters. The minimum atomic E-state index is -4.54. The lowest BCUT2D eigenvalue weighted by atomic mass is 10.1. The van der Waals surface area contributed by atoms with Gasteiger partial charge in [0.15, 0.2) is 0 Å². The Labute approximate surface area is 169 Å². The number of imide groups is 1. The van der Waals surface area contributed by atoms with Crippen LogP contribution in [-0.2, 0) is 15.8 Å². The van der Waals surface area contributed by atoms with Crippen molar-refractivity contribution in [3.8, 4) is 0 Å². The summed E-state index contributed by atoms with van der Waals surface area (Å²) in [6.07, 6.45) is -3.00. The van der Waals surface area contributed by atoms with E-state index in [1.165, 1.54) is 12.1 Å². The summed E-state index contributed by atoms with van der Waals surface area (Å²) in [5.74, 6) is -0.694. The van der Waals surface area contributed by atoms with Crippen molar-refractivity contribution in [3.05, 3.63) is 34.2 Å². The Hall–Kier alpha value is -2.53. The maximum atomic E-state index is 13.2. The van der Waals surface area contributed by atoms with E-state index in [0.29, 0.717) is 43.6 Å². The topological polar surface area (TPSA) is 95.7 Å². The number of nitrogens with two attached hydrogens (primary N) is 1. The van der Waals surface area contributed by atoms with Crippen molar-refractivity contribution in [1.82, 2.24) is 10.2 Å². The molecule has 3 N–H and O–H groups in total. The third-order valence-electron chi connectivity index (χ3n) is 4.61. The van der Waals surface area contributed by atoms with Gasteiger partial charge in [0.2, 0.25) is 5.91 Å². The SMILES string of the molecule is NCCC(=O)N1CCN(c2ccc(C(F)(F)F)cc2/C=C2/SC(=O)NC2=O)CC1. The molecule has 0 saturated carbocycles. The molecule has 2 fully saturated rings. The first-order valence-corrected chi connectivity index (χ1v) is 9.69. The van der Waals surface area contributed by atoms with Crippen LogP contribution in [0.1, 0.15) is 17.5 Å². The Morgan fingerprint density at radius 2 is 1.90 bits per heavy atom. The highest BCUT2D eigenvalue weighted by Gasteiger charge is 2.32. The summed E-state index contributed by atoms with van der Waals surface area (Å²) in [6, 6.07) is 3.30. The van der Waals surface area contributed by atoms with Crippen molar-refractivity contribution >= 4 is 40.6 Å². The number of carbonyl (C=O) groups excluding carboxylic acids is 3. The van der Waals surface area contributed by atoms with Gasteiger partial charge in [-0.15, -0.1) is 0 Å². The number of benzene rings is 1. The molecule has 11 heteroatoms. The van der Waals surface area contributed by atoms with E-state index in [4.69, 9.17) is 5.73 Å². The number of amides is 3. The van der Waals surface area contributed by atoms with E-state index < -0.39 is 22.9 Å². The molecule has 2 aliphatic heterocycles. The molecule has 7 nitrogen and oxygen atoms in total. The second-order valence-corrected chi connectivity index (χ2v) is 7.54. The van der Waals surface area contributed by atoms with Gasteiger partial charge in [-0.3, -0.25) is 19.7 Å². The van der Waals surface area contributed by atoms with Crippen molar-refractivity contribution in [3.63, 3.8) is 0 Å². The van der Waals surface area contributed by atoms with Gasteiger partial charge in [-0.2, -0.15) is 13.2 Å². The summed E-state index contributed by atoms with van der Waals surface area (Å²) in [6.45, 7) is 1.95. The number of nitrogens with one attached hydrogen (secondary N) is 1. The van der Waals surface area contributed by atoms with E-state index in [2.05, 4.69) is 5.32 Å². The minimum Gasteiger partial charge on any atom is -0.367 e. The average Bonchev–Trinajstić information content (AvgIpc) is 2.98. The number of rotatable bonds is 4. The predicted molar refractivity (Wildman–Crippen MR) is 103 cm³/mol. The van der Waals surface area contributed by atoms with Gasteiger partial charge in [-0.1, -0.05) is 0 Å². The zero-order chi connectivity index (χ0) is 21.2. The Morgan fingerprint density at radius 1 is 1.21 bits per heavy atom. The van der Waals surface area contributed by atoms with Gasteiger partial charge in [0.1, 0.15) is 0 Å². The van der Waals surface area contributed by atoms with Crippen LogP contribution in [0.2, 0.25) is 0 Å². The monoisotopic (exact) mass is 428 g/mol. The van der Waals surface area contributed by atoms with E-state index >= 15 is 0 Å². The molecule has 2 heterocycles. The van der Waals surface area contributed by atoms with Crippen LogP contribution in [0.15, 0.2) is 23.1 Å². The lowest BCUT2D eigenvalue weighted by molar-refractivity contribution is -0.137. The van der Waals surface area contributed by atoms with Crippen LogP contribution in [0.25, 0.3) is 6.08 Å². The molecule has 0 unspecified atom stereocenters. The first kappa shape index (κ1) is 21.2.